The van der Waals surface area contributed by atoms with Gasteiger partial charge in [-0.3, -0.25) is 14.5 Å². The van der Waals surface area contributed by atoms with Gasteiger partial charge >= 0.3 is 11.8 Å². The maximum atomic E-state index is 12.1. The van der Waals surface area contributed by atoms with Crippen LogP contribution in [0, 0.1) is 6.92 Å². The number of carbonyl (C=O) groups is 2. The zero-order valence-corrected chi connectivity index (χ0v) is 12.2. The minimum absolute atomic E-state index is 0.398. The first-order valence-corrected chi connectivity index (χ1v) is 7.06. The van der Waals surface area contributed by atoms with Crippen LogP contribution >= 0.6 is 0 Å². The van der Waals surface area contributed by atoms with Gasteiger partial charge in [-0.25, -0.2) is 4.98 Å². The minimum atomic E-state index is -0.639. The van der Waals surface area contributed by atoms with Crippen LogP contribution in [0.1, 0.15) is 5.69 Å². The van der Waals surface area contributed by atoms with E-state index in [-0.39, 0.29) is 0 Å². The van der Waals surface area contributed by atoms with Crippen molar-refractivity contribution in [2.75, 3.05) is 44.6 Å². The van der Waals surface area contributed by atoms with Crippen molar-refractivity contribution in [3.63, 3.8) is 0 Å². The molecule has 0 saturated carbocycles. The number of nitrogens with zero attached hydrogens (tertiary/aromatic N) is 3. The number of aromatic nitrogens is 1. The Balaban J connectivity index is 1.87. The normalized spacial score (nSPS) is 15.8. The summed E-state index contributed by atoms with van der Waals surface area (Å²) in [6.45, 7) is 5.85. The Morgan fingerprint density at radius 2 is 2.00 bits per heavy atom. The molecule has 2 heterocycles. The van der Waals surface area contributed by atoms with Gasteiger partial charge in [0.25, 0.3) is 0 Å². The number of aryl methyl sites for hydroxylation is 1. The molecule has 1 saturated heterocycles. The van der Waals surface area contributed by atoms with Crippen molar-refractivity contribution in [3.8, 4) is 0 Å². The maximum absolute atomic E-state index is 12.1. The molecule has 3 N–H and O–H groups in total. The summed E-state index contributed by atoms with van der Waals surface area (Å²) in [6.07, 6.45) is 0. The summed E-state index contributed by atoms with van der Waals surface area (Å²) in [6, 6.07) is 5.28. The van der Waals surface area contributed by atoms with E-state index in [0.717, 1.165) is 25.3 Å². The monoisotopic (exact) mass is 291 g/mol. The van der Waals surface area contributed by atoms with Crippen LogP contribution in [0.4, 0.5) is 5.82 Å². The summed E-state index contributed by atoms with van der Waals surface area (Å²) in [7, 11) is 0. The summed E-state index contributed by atoms with van der Waals surface area (Å²) in [4.78, 5) is 32.0. The summed E-state index contributed by atoms with van der Waals surface area (Å²) in [5.41, 5.74) is 6.29. The van der Waals surface area contributed by atoms with E-state index in [4.69, 9.17) is 5.73 Å². The van der Waals surface area contributed by atoms with Gasteiger partial charge in [0, 0.05) is 45.0 Å². The average molecular weight is 291 g/mol. The lowest BCUT2D eigenvalue weighted by Crippen LogP contribution is -2.52. The van der Waals surface area contributed by atoms with Crippen molar-refractivity contribution in [2.24, 2.45) is 5.73 Å². The first kappa shape index (κ1) is 15.4. The third kappa shape index (κ3) is 4.24. The highest BCUT2D eigenvalue weighted by Crippen LogP contribution is 2.06. The van der Waals surface area contributed by atoms with Gasteiger partial charge in [0.15, 0.2) is 0 Å². The lowest BCUT2D eigenvalue weighted by Gasteiger charge is -2.33. The third-order valence-corrected chi connectivity index (χ3v) is 3.43. The van der Waals surface area contributed by atoms with Crippen LogP contribution in [0.15, 0.2) is 18.2 Å². The second-order valence-corrected chi connectivity index (χ2v) is 5.04. The molecular formula is C14H21N5O2. The molecule has 0 unspecified atom stereocenters. The van der Waals surface area contributed by atoms with Gasteiger partial charge in [0.1, 0.15) is 5.82 Å². The van der Waals surface area contributed by atoms with Crippen LogP contribution in [0.3, 0.4) is 0 Å². The minimum Gasteiger partial charge on any atom is -0.332 e. The molecule has 1 aromatic heterocycles. The number of hydrogen-bond donors (Lipinski definition) is 2. The number of nitrogens with one attached hydrogen (secondary N) is 1. The molecule has 2 rings (SSSR count). The third-order valence-electron chi connectivity index (χ3n) is 3.43. The Morgan fingerprint density at radius 1 is 1.29 bits per heavy atom. The van der Waals surface area contributed by atoms with Gasteiger partial charge in [0.2, 0.25) is 0 Å². The summed E-state index contributed by atoms with van der Waals surface area (Å²) >= 11 is 0. The van der Waals surface area contributed by atoms with Crippen LogP contribution < -0.4 is 11.1 Å². The van der Waals surface area contributed by atoms with E-state index < -0.39 is 11.8 Å². The molecule has 0 spiro atoms. The smallest absolute Gasteiger partial charge is 0.315 e. The molecular weight excluding hydrogens is 270 g/mol. The second kappa shape index (κ2) is 7.14. The van der Waals surface area contributed by atoms with Gasteiger partial charge in [-0.1, -0.05) is 6.07 Å². The molecule has 0 aliphatic carbocycles. The van der Waals surface area contributed by atoms with Crippen molar-refractivity contribution in [1.29, 1.82) is 0 Å². The molecule has 1 aliphatic rings. The van der Waals surface area contributed by atoms with Crippen LogP contribution in [0.5, 0.6) is 0 Å². The first-order chi connectivity index (χ1) is 10.1. The fraction of sp³-hybridized carbons (Fsp3) is 0.500. The number of amides is 2. The van der Waals surface area contributed by atoms with E-state index in [1.54, 1.807) is 17.0 Å². The zero-order chi connectivity index (χ0) is 15.2. The van der Waals surface area contributed by atoms with Gasteiger partial charge in [-0.05, 0) is 19.1 Å². The molecule has 0 atom stereocenters. The Labute approximate surface area is 124 Å². The van der Waals surface area contributed by atoms with Gasteiger partial charge in [-0.15, -0.1) is 0 Å². The van der Waals surface area contributed by atoms with E-state index in [1.165, 1.54) is 0 Å². The summed E-state index contributed by atoms with van der Waals surface area (Å²) < 4.78 is 0. The molecule has 114 valence electrons. The molecule has 7 heteroatoms. The van der Waals surface area contributed by atoms with Gasteiger partial charge in [0.05, 0.1) is 0 Å². The second-order valence-electron chi connectivity index (χ2n) is 5.04. The van der Waals surface area contributed by atoms with E-state index in [2.05, 4.69) is 15.2 Å². The van der Waals surface area contributed by atoms with Crippen molar-refractivity contribution in [1.82, 2.24) is 14.8 Å². The van der Waals surface area contributed by atoms with E-state index in [1.807, 2.05) is 13.0 Å². The van der Waals surface area contributed by atoms with Crippen LogP contribution in [-0.4, -0.2) is 65.9 Å². The highest BCUT2D eigenvalue weighted by atomic mass is 16.2. The number of rotatable bonds is 3. The number of hydrogen-bond acceptors (Lipinski definition) is 5. The van der Waals surface area contributed by atoms with Crippen LogP contribution in [0.2, 0.25) is 0 Å². The molecule has 7 nitrogen and oxygen atoms in total. The van der Waals surface area contributed by atoms with Crippen LogP contribution in [-0.2, 0) is 9.59 Å². The quantitative estimate of drug-likeness (QED) is 0.728. The Bertz CT molecular complexity index is 512. The highest BCUT2D eigenvalue weighted by Gasteiger charge is 2.25. The van der Waals surface area contributed by atoms with E-state index in [0.29, 0.717) is 25.5 Å². The van der Waals surface area contributed by atoms with Crippen molar-refractivity contribution >= 4 is 17.6 Å². The molecule has 1 aromatic rings. The first-order valence-electron chi connectivity index (χ1n) is 7.06. The predicted octanol–water partition coefficient (Wildman–Crippen LogP) is -0.569. The highest BCUT2D eigenvalue weighted by molar-refractivity contribution is 6.39. The lowest BCUT2D eigenvalue weighted by molar-refractivity contribution is -0.144. The number of pyridine rings is 1. The summed E-state index contributed by atoms with van der Waals surface area (Å²) in [5, 5.41) is 2.54. The SMILES string of the molecule is Cc1cccc(NC(=O)C(=O)N2CCN(CCN)CC2)n1. The number of nitrogens with two attached hydrogens (primary N) is 1. The molecule has 21 heavy (non-hydrogen) atoms. The van der Waals surface area contributed by atoms with Crippen molar-refractivity contribution < 1.29 is 9.59 Å². The van der Waals surface area contributed by atoms with E-state index in [9.17, 15) is 9.59 Å². The lowest BCUT2D eigenvalue weighted by atomic mass is 10.3. The Hall–Kier alpha value is -1.99. The maximum Gasteiger partial charge on any atom is 0.315 e. The van der Waals surface area contributed by atoms with Crippen molar-refractivity contribution in [2.45, 2.75) is 6.92 Å². The summed E-state index contributed by atoms with van der Waals surface area (Å²) in [5.74, 6) is -0.749. The predicted molar refractivity (Wildman–Crippen MR) is 79.7 cm³/mol. The Kier molecular flexibility index (Phi) is 5.24. The number of piperazine rings is 1. The molecule has 1 aliphatic heterocycles. The van der Waals surface area contributed by atoms with Gasteiger partial charge < -0.3 is 16.0 Å². The fourth-order valence-corrected chi connectivity index (χ4v) is 2.28. The van der Waals surface area contributed by atoms with Crippen LogP contribution in [0.25, 0.3) is 0 Å². The largest absolute Gasteiger partial charge is 0.332 e. The van der Waals surface area contributed by atoms with Gasteiger partial charge in [-0.2, -0.15) is 0 Å². The number of carbonyl (C=O) groups excluding carboxylic acids is 2. The molecule has 0 aromatic carbocycles. The standard InChI is InChI=1S/C14H21N5O2/c1-11-3-2-4-12(16-11)17-13(20)14(21)19-9-7-18(6-5-15)8-10-19/h2-4H,5-10,15H2,1H3,(H,16,17,20). The van der Waals surface area contributed by atoms with E-state index >= 15 is 0 Å². The Morgan fingerprint density at radius 3 is 2.62 bits per heavy atom. The molecule has 2 amide bonds. The average Bonchev–Trinajstić information content (AvgIpc) is 2.47. The zero-order valence-electron chi connectivity index (χ0n) is 12.2. The molecule has 0 bridgehead atoms. The topological polar surface area (TPSA) is 91.6 Å². The van der Waals surface area contributed by atoms with Crippen molar-refractivity contribution in [3.05, 3.63) is 23.9 Å². The molecule has 0 radical (unpaired) electrons. The fourth-order valence-electron chi connectivity index (χ4n) is 2.28. The molecule has 1 fully saturated rings. The number of anilines is 1.